The van der Waals surface area contributed by atoms with Crippen LogP contribution in [0.5, 0.6) is 0 Å². The standard InChI is InChI=1S/C28H31N3O3/c1-27(2,3)34-26(32)31-18-16-28(33,17-19-31)23-14-15-24(29-20-23)30-25(21-10-6-4-7-11-21)22-12-8-5-9-13-22/h4-15,20,33H,16-19H2,1-3H3. The van der Waals surface area contributed by atoms with Crippen molar-refractivity contribution in [2.24, 2.45) is 4.99 Å². The fraction of sp³-hybridized carbons (Fsp3) is 0.321. The van der Waals surface area contributed by atoms with Gasteiger partial charge in [0.15, 0.2) is 5.82 Å². The van der Waals surface area contributed by atoms with Crippen molar-refractivity contribution in [1.29, 1.82) is 0 Å². The van der Waals surface area contributed by atoms with Gasteiger partial charge in [0.05, 0.1) is 11.3 Å². The number of aliphatic hydroxyl groups is 1. The van der Waals surface area contributed by atoms with Gasteiger partial charge >= 0.3 is 6.09 Å². The minimum Gasteiger partial charge on any atom is -0.444 e. The molecule has 3 aromatic rings. The number of rotatable bonds is 4. The second-order valence-corrected chi connectivity index (χ2v) is 9.60. The molecule has 4 rings (SSSR count). The number of aromatic nitrogens is 1. The molecule has 0 radical (unpaired) electrons. The lowest BCUT2D eigenvalue weighted by Crippen LogP contribution is -2.46. The molecule has 176 valence electrons. The Hall–Kier alpha value is -3.51. The number of ether oxygens (including phenoxy) is 1. The van der Waals surface area contributed by atoms with Gasteiger partial charge in [0.2, 0.25) is 0 Å². The molecule has 6 nitrogen and oxygen atoms in total. The van der Waals surface area contributed by atoms with E-state index in [0.29, 0.717) is 31.7 Å². The average molecular weight is 458 g/mol. The first-order valence-electron chi connectivity index (χ1n) is 11.6. The van der Waals surface area contributed by atoms with Crippen LogP contribution in [-0.2, 0) is 10.3 Å². The number of hydrogen-bond donors (Lipinski definition) is 1. The predicted octanol–water partition coefficient (Wildman–Crippen LogP) is 5.47. The molecule has 1 saturated heterocycles. The van der Waals surface area contributed by atoms with Gasteiger partial charge in [0, 0.05) is 36.0 Å². The highest BCUT2D eigenvalue weighted by atomic mass is 16.6. The quantitative estimate of drug-likeness (QED) is 0.527. The molecule has 1 fully saturated rings. The summed E-state index contributed by atoms with van der Waals surface area (Å²) in [5, 5.41) is 11.2. The van der Waals surface area contributed by atoms with Crippen LogP contribution >= 0.6 is 0 Å². The number of nitrogens with zero attached hydrogens (tertiary/aromatic N) is 3. The Balaban J connectivity index is 1.51. The first-order valence-corrected chi connectivity index (χ1v) is 11.6. The second-order valence-electron chi connectivity index (χ2n) is 9.60. The Kier molecular flexibility index (Phi) is 6.80. The lowest BCUT2D eigenvalue weighted by atomic mass is 9.85. The fourth-order valence-corrected chi connectivity index (χ4v) is 4.00. The van der Waals surface area contributed by atoms with Crippen molar-refractivity contribution in [1.82, 2.24) is 9.88 Å². The number of carbonyl (C=O) groups is 1. The van der Waals surface area contributed by atoms with Crippen LogP contribution in [0.3, 0.4) is 0 Å². The highest BCUT2D eigenvalue weighted by molar-refractivity contribution is 6.13. The van der Waals surface area contributed by atoms with Crippen molar-refractivity contribution in [3.8, 4) is 0 Å². The number of pyridine rings is 1. The van der Waals surface area contributed by atoms with Crippen LogP contribution in [0.1, 0.15) is 50.3 Å². The van der Waals surface area contributed by atoms with Crippen molar-refractivity contribution in [2.45, 2.75) is 44.8 Å². The van der Waals surface area contributed by atoms with Crippen LogP contribution in [0.4, 0.5) is 10.6 Å². The van der Waals surface area contributed by atoms with Crippen LogP contribution in [0.2, 0.25) is 0 Å². The van der Waals surface area contributed by atoms with Crippen molar-refractivity contribution in [2.75, 3.05) is 13.1 Å². The van der Waals surface area contributed by atoms with Gasteiger partial charge in [0.1, 0.15) is 5.60 Å². The first-order chi connectivity index (χ1) is 16.2. The number of piperidine rings is 1. The van der Waals surface area contributed by atoms with Gasteiger partial charge in [-0.15, -0.1) is 0 Å². The highest BCUT2D eigenvalue weighted by Gasteiger charge is 2.37. The van der Waals surface area contributed by atoms with E-state index in [0.717, 1.165) is 22.4 Å². The van der Waals surface area contributed by atoms with Crippen LogP contribution in [0.25, 0.3) is 0 Å². The summed E-state index contributed by atoms with van der Waals surface area (Å²) in [7, 11) is 0. The molecule has 1 aliphatic rings. The summed E-state index contributed by atoms with van der Waals surface area (Å²) < 4.78 is 5.45. The maximum absolute atomic E-state index is 12.3. The predicted molar refractivity (Wildman–Crippen MR) is 133 cm³/mol. The Morgan fingerprint density at radius 3 is 1.97 bits per heavy atom. The zero-order valence-corrected chi connectivity index (χ0v) is 19.9. The van der Waals surface area contributed by atoms with E-state index in [1.165, 1.54) is 0 Å². The minimum atomic E-state index is -1.03. The van der Waals surface area contributed by atoms with E-state index < -0.39 is 11.2 Å². The topological polar surface area (TPSA) is 75.0 Å². The number of hydrogen-bond acceptors (Lipinski definition) is 5. The normalized spacial score (nSPS) is 15.5. The van der Waals surface area contributed by atoms with Crippen molar-refractivity contribution in [3.05, 3.63) is 95.7 Å². The number of likely N-dealkylation sites (tertiary alicyclic amines) is 1. The molecule has 0 unspecified atom stereocenters. The molecule has 0 aliphatic carbocycles. The number of carbonyl (C=O) groups excluding carboxylic acids is 1. The molecule has 1 amide bonds. The highest BCUT2D eigenvalue weighted by Crippen LogP contribution is 2.33. The maximum atomic E-state index is 12.3. The summed E-state index contributed by atoms with van der Waals surface area (Å²) in [6, 6.07) is 23.7. The average Bonchev–Trinajstić information content (AvgIpc) is 2.83. The fourth-order valence-electron chi connectivity index (χ4n) is 4.00. The van der Waals surface area contributed by atoms with E-state index in [1.807, 2.05) is 93.6 Å². The Morgan fingerprint density at radius 2 is 1.50 bits per heavy atom. The van der Waals surface area contributed by atoms with Crippen molar-refractivity contribution in [3.63, 3.8) is 0 Å². The first kappa shape index (κ1) is 23.6. The molecule has 1 N–H and O–H groups in total. The Morgan fingerprint density at radius 1 is 0.941 bits per heavy atom. The van der Waals surface area contributed by atoms with Crippen molar-refractivity contribution < 1.29 is 14.6 Å². The van der Waals surface area contributed by atoms with Crippen LogP contribution in [0, 0.1) is 0 Å². The van der Waals surface area contributed by atoms with Crippen LogP contribution in [0.15, 0.2) is 84.0 Å². The summed E-state index contributed by atoms with van der Waals surface area (Å²) in [6.07, 6.45) is 2.20. The Labute approximate surface area is 200 Å². The van der Waals surface area contributed by atoms with Gasteiger partial charge in [-0.25, -0.2) is 14.8 Å². The van der Waals surface area contributed by atoms with Gasteiger partial charge in [-0.3, -0.25) is 0 Å². The number of aliphatic imine (C=N–C) groups is 1. The van der Waals surface area contributed by atoms with E-state index in [4.69, 9.17) is 9.73 Å². The molecule has 2 heterocycles. The zero-order chi connectivity index (χ0) is 24.2. The summed E-state index contributed by atoms with van der Waals surface area (Å²) in [5.74, 6) is 0.571. The van der Waals surface area contributed by atoms with Gasteiger partial charge in [-0.05, 0) is 39.7 Å². The maximum Gasteiger partial charge on any atom is 0.410 e. The lowest BCUT2D eigenvalue weighted by Gasteiger charge is -2.38. The summed E-state index contributed by atoms with van der Waals surface area (Å²) in [5.41, 5.74) is 2.02. The van der Waals surface area contributed by atoms with Crippen molar-refractivity contribution >= 4 is 17.6 Å². The smallest absolute Gasteiger partial charge is 0.410 e. The second kappa shape index (κ2) is 9.77. The number of amides is 1. The van der Waals surface area contributed by atoms with Gasteiger partial charge in [-0.2, -0.15) is 0 Å². The summed E-state index contributed by atoms with van der Waals surface area (Å²) in [4.78, 5) is 23.4. The van der Waals surface area contributed by atoms with Gasteiger partial charge in [-0.1, -0.05) is 66.7 Å². The van der Waals surface area contributed by atoms with Gasteiger partial charge < -0.3 is 14.7 Å². The molecule has 0 atom stereocenters. The van der Waals surface area contributed by atoms with E-state index in [9.17, 15) is 9.90 Å². The zero-order valence-electron chi connectivity index (χ0n) is 19.9. The van der Waals surface area contributed by atoms with E-state index in [1.54, 1.807) is 11.1 Å². The van der Waals surface area contributed by atoms with Crippen LogP contribution < -0.4 is 0 Å². The molecule has 0 saturated carbocycles. The van der Waals surface area contributed by atoms with Crippen LogP contribution in [-0.4, -0.2) is 45.5 Å². The molecular weight excluding hydrogens is 426 g/mol. The lowest BCUT2D eigenvalue weighted by molar-refractivity contribution is -0.0358. The molecular formula is C28H31N3O3. The monoisotopic (exact) mass is 457 g/mol. The molecule has 1 aliphatic heterocycles. The van der Waals surface area contributed by atoms with Gasteiger partial charge in [0.25, 0.3) is 0 Å². The third-order valence-electron chi connectivity index (χ3n) is 5.85. The Bertz CT molecular complexity index is 1090. The van der Waals surface area contributed by atoms with E-state index in [2.05, 4.69) is 4.98 Å². The molecule has 0 spiro atoms. The summed E-state index contributed by atoms with van der Waals surface area (Å²) in [6.45, 7) is 6.40. The third-order valence-corrected chi connectivity index (χ3v) is 5.85. The summed E-state index contributed by atoms with van der Waals surface area (Å²) >= 11 is 0. The largest absolute Gasteiger partial charge is 0.444 e. The van der Waals surface area contributed by atoms with E-state index >= 15 is 0 Å². The molecule has 34 heavy (non-hydrogen) atoms. The minimum absolute atomic E-state index is 0.341. The SMILES string of the molecule is CC(C)(C)OC(=O)N1CCC(O)(c2ccc(N=C(c3ccccc3)c3ccccc3)nc2)CC1. The number of benzene rings is 2. The molecule has 1 aromatic heterocycles. The molecule has 6 heteroatoms. The molecule has 0 bridgehead atoms. The third kappa shape index (κ3) is 5.69. The molecule has 2 aromatic carbocycles. The van der Waals surface area contributed by atoms with E-state index in [-0.39, 0.29) is 6.09 Å².